The number of aromatic nitrogens is 3. The molecule has 0 aromatic carbocycles. The number of fused-ring (bicyclic) bond motifs is 1. The predicted molar refractivity (Wildman–Crippen MR) is 75.2 cm³/mol. The highest BCUT2D eigenvalue weighted by atomic mass is 35.5. The fourth-order valence-electron chi connectivity index (χ4n) is 2.98. The molecule has 1 saturated carbocycles. The quantitative estimate of drug-likeness (QED) is 0.918. The SMILES string of the molecule is COC1CC(n2c(N)nc3cc(Cl)cnc32)C1(C)C. The molecule has 0 aliphatic heterocycles. The van der Waals surface area contributed by atoms with Crippen LogP contribution >= 0.6 is 11.6 Å². The van der Waals surface area contributed by atoms with Crippen LogP contribution in [0.4, 0.5) is 5.95 Å². The number of anilines is 1. The second-order valence-corrected chi connectivity index (χ2v) is 6.07. The highest BCUT2D eigenvalue weighted by molar-refractivity contribution is 6.31. The van der Waals surface area contributed by atoms with Gasteiger partial charge in [-0.15, -0.1) is 0 Å². The molecule has 1 aliphatic carbocycles. The number of hydrogen-bond donors (Lipinski definition) is 1. The molecular formula is C13H17ClN4O. The van der Waals surface area contributed by atoms with E-state index < -0.39 is 0 Å². The number of nitrogens with two attached hydrogens (primary N) is 1. The third-order valence-electron chi connectivity index (χ3n) is 4.25. The Balaban J connectivity index is 2.09. The monoisotopic (exact) mass is 280 g/mol. The van der Waals surface area contributed by atoms with Crippen molar-refractivity contribution in [1.82, 2.24) is 14.5 Å². The standard InChI is InChI=1S/C13H17ClN4O/c1-13(2)9(5-10(13)19-3)18-11-8(17-12(18)15)4-7(14)6-16-11/h4,6,9-10H,5H2,1-3H3,(H2,15,17). The van der Waals surface area contributed by atoms with Gasteiger partial charge < -0.3 is 10.5 Å². The fourth-order valence-corrected chi connectivity index (χ4v) is 3.14. The van der Waals surface area contributed by atoms with E-state index in [0.29, 0.717) is 11.0 Å². The molecule has 3 rings (SSSR count). The molecule has 19 heavy (non-hydrogen) atoms. The number of methoxy groups -OCH3 is 1. The van der Waals surface area contributed by atoms with Gasteiger partial charge in [0.1, 0.15) is 5.52 Å². The van der Waals surface area contributed by atoms with E-state index in [-0.39, 0.29) is 17.6 Å². The summed E-state index contributed by atoms with van der Waals surface area (Å²) in [6.45, 7) is 4.35. The Labute approximate surface area is 116 Å². The molecule has 0 spiro atoms. The van der Waals surface area contributed by atoms with Crippen LogP contribution in [0.2, 0.25) is 5.02 Å². The molecule has 1 aliphatic rings. The Kier molecular flexibility index (Phi) is 2.73. The first-order valence-electron chi connectivity index (χ1n) is 6.27. The summed E-state index contributed by atoms with van der Waals surface area (Å²) in [4.78, 5) is 8.71. The Morgan fingerprint density at radius 3 is 2.89 bits per heavy atom. The van der Waals surface area contributed by atoms with Crippen molar-refractivity contribution in [2.24, 2.45) is 5.41 Å². The van der Waals surface area contributed by atoms with Crippen LogP contribution in [0.15, 0.2) is 12.3 Å². The van der Waals surface area contributed by atoms with Crippen LogP contribution < -0.4 is 5.73 Å². The summed E-state index contributed by atoms with van der Waals surface area (Å²) in [7, 11) is 1.75. The van der Waals surface area contributed by atoms with E-state index in [1.54, 1.807) is 19.4 Å². The van der Waals surface area contributed by atoms with E-state index in [1.165, 1.54) is 0 Å². The Morgan fingerprint density at radius 2 is 2.26 bits per heavy atom. The molecule has 6 heteroatoms. The van der Waals surface area contributed by atoms with Gasteiger partial charge in [-0.05, 0) is 12.5 Å². The van der Waals surface area contributed by atoms with Crippen molar-refractivity contribution in [3.63, 3.8) is 0 Å². The number of halogens is 1. The molecule has 2 N–H and O–H groups in total. The molecule has 2 atom stereocenters. The average molecular weight is 281 g/mol. The van der Waals surface area contributed by atoms with Gasteiger partial charge in [0, 0.05) is 24.8 Å². The second kappa shape index (κ2) is 4.08. The molecule has 102 valence electrons. The number of nitrogens with zero attached hydrogens (tertiary/aromatic N) is 3. The number of imidazole rings is 1. The molecule has 0 bridgehead atoms. The predicted octanol–water partition coefficient (Wildman–Crippen LogP) is 2.65. The van der Waals surface area contributed by atoms with Crippen LogP contribution in [-0.4, -0.2) is 27.7 Å². The molecule has 2 aromatic heterocycles. The lowest BCUT2D eigenvalue weighted by molar-refractivity contribution is -0.111. The number of rotatable bonds is 2. The van der Waals surface area contributed by atoms with E-state index in [0.717, 1.165) is 17.6 Å². The summed E-state index contributed by atoms with van der Waals surface area (Å²) in [6, 6.07) is 2.03. The Hall–Kier alpha value is -1.33. The van der Waals surface area contributed by atoms with Crippen molar-refractivity contribution >= 4 is 28.7 Å². The fraction of sp³-hybridized carbons (Fsp3) is 0.538. The molecule has 1 fully saturated rings. The minimum atomic E-state index is 0.0117. The van der Waals surface area contributed by atoms with Gasteiger partial charge in [0.2, 0.25) is 5.95 Å². The maximum Gasteiger partial charge on any atom is 0.202 e. The smallest absolute Gasteiger partial charge is 0.202 e. The molecule has 2 heterocycles. The number of ether oxygens (including phenoxy) is 1. The molecule has 0 radical (unpaired) electrons. The molecule has 2 aromatic rings. The first kappa shape index (κ1) is 12.7. The average Bonchev–Trinajstić information content (AvgIpc) is 2.64. The molecule has 5 nitrogen and oxygen atoms in total. The summed E-state index contributed by atoms with van der Waals surface area (Å²) in [6.07, 6.45) is 2.78. The van der Waals surface area contributed by atoms with Gasteiger partial charge >= 0.3 is 0 Å². The van der Waals surface area contributed by atoms with Gasteiger partial charge in [-0.3, -0.25) is 4.57 Å². The van der Waals surface area contributed by atoms with E-state index in [1.807, 2.05) is 4.57 Å². The van der Waals surface area contributed by atoms with Crippen molar-refractivity contribution in [2.75, 3.05) is 12.8 Å². The zero-order valence-corrected chi connectivity index (χ0v) is 12.0. The van der Waals surface area contributed by atoms with Crippen LogP contribution in [0.1, 0.15) is 26.3 Å². The van der Waals surface area contributed by atoms with Crippen LogP contribution in [0.3, 0.4) is 0 Å². The Bertz CT molecular complexity index is 637. The van der Waals surface area contributed by atoms with Gasteiger partial charge in [0.25, 0.3) is 0 Å². The van der Waals surface area contributed by atoms with Gasteiger partial charge in [-0.25, -0.2) is 9.97 Å². The third-order valence-corrected chi connectivity index (χ3v) is 4.45. The van der Waals surface area contributed by atoms with E-state index in [2.05, 4.69) is 23.8 Å². The normalized spacial score (nSPS) is 25.5. The summed E-state index contributed by atoms with van der Waals surface area (Å²) in [5.41, 5.74) is 7.59. The van der Waals surface area contributed by atoms with Gasteiger partial charge in [-0.1, -0.05) is 25.4 Å². The largest absolute Gasteiger partial charge is 0.381 e. The van der Waals surface area contributed by atoms with E-state index in [9.17, 15) is 0 Å². The maximum atomic E-state index is 6.05. The topological polar surface area (TPSA) is 66.0 Å². The third kappa shape index (κ3) is 1.72. The summed E-state index contributed by atoms with van der Waals surface area (Å²) in [5, 5.41) is 0.569. The summed E-state index contributed by atoms with van der Waals surface area (Å²) < 4.78 is 7.49. The first-order valence-corrected chi connectivity index (χ1v) is 6.64. The lowest BCUT2D eigenvalue weighted by Crippen LogP contribution is -2.51. The zero-order chi connectivity index (χ0) is 13.8. The Morgan fingerprint density at radius 1 is 1.53 bits per heavy atom. The minimum Gasteiger partial charge on any atom is -0.381 e. The van der Waals surface area contributed by atoms with Gasteiger partial charge in [0.15, 0.2) is 5.65 Å². The van der Waals surface area contributed by atoms with Crippen LogP contribution in [0.25, 0.3) is 11.2 Å². The second-order valence-electron chi connectivity index (χ2n) is 5.63. The molecular weight excluding hydrogens is 264 g/mol. The van der Waals surface area contributed by atoms with Crippen LogP contribution in [0, 0.1) is 5.41 Å². The summed E-state index contributed by atoms with van der Waals surface area (Å²) in [5.74, 6) is 0.484. The molecule has 0 saturated heterocycles. The summed E-state index contributed by atoms with van der Waals surface area (Å²) >= 11 is 5.94. The number of hydrogen-bond acceptors (Lipinski definition) is 4. The van der Waals surface area contributed by atoms with Crippen LogP contribution in [-0.2, 0) is 4.74 Å². The molecule has 0 amide bonds. The molecule has 2 unspecified atom stereocenters. The van der Waals surface area contributed by atoms with Crippen molar-refractivity contribution in [3.8, 4) is 0 Å². The van der Waals surface area contributed by atoms with Gasteiger partial charge in [0.05, 0.1) is 11.1 Å². The highest BCUT2D eigenvalue weighted by Gasteiger charge is 2.50. The van der Waals surface area contributed by atoms with Crippen molar-refractivity contribution < 1.29 is 4.74 Å². The van der Waals surface area contributed by atoms with Crippen molar-refractivity contribution in [1.29, 1.82) is 0 Å². The lowest BCUT2D eigenvalue weighted by atomic mass is 9.64. The van der Waals surface area contributed by atoms with Crippen molar-refractivity contribution in [3.05, 3.63) is 17.3 Å². The van der Waals surface area contributed by atoms with Crippen molar-refractivity contribution in [2.45, 2.75) is 32.4 Å². The number of nitrogen functional groups attached to an aromatic ring is 1. The van der Waals surface area contributed by atoms with E-state index >= 15 is 0 Å². The van der Waals surface area contributed by atoms with Crippen LogP contribution in [0.5, 0.6) is 0 Å². The highest BCUT2D eigenvalue weighted by Crippen LogP contribution is 2.52. The minimum absolute atomic E-state index is 0.0117. The van der Waals surface area contributed by atoms with E-state index in [4.69, 9.17) is 22.1 Å². The lowest BCUT2D eigenvalue weighted by Gasteiger charge is -2.51. The maximum absolute atomic E-state index is 6.05. The van der Waals surface area contributed by atoms with Gasteiger partial charge in [-0.2, -0.15) is 0 Å². The zero-order valence-electron chi connectivity index (χ0n) is 11.2. The first-order chi connectivity index (χ1) is 8.95. The number of pyridine rings is 1.